The van der Waals surface area contributed by atoms with Crippen molar-refractivity contribution in [2.45, 2.75) is 64.2 Å². The van der Waals surface area contributed by atoms with Crippen molar-refractivity contribution < 1.29 is 19.4 Å². The average Bonchev–Trinajstić information content (AvgIpc) is 3.55. The zero-order valence-electron chi connectivity index (χ0n) is 26.6. The number of halogens is 1. The summed E-state index contributed by atoms with van der Waals surface area (Å²) < 4.78 is 14.2. The van der Waals surface area contributed by atoms with Crippen molar-refractivity contribution in [2.75, 3.05) is 26.3 Å². The molecule has 0 amide bonds. The van der Waals surface area contributed by atoms with E-state index in [0.717, 1.165) is 82.9 Å². The minimum Gasteiger partial charge on any atom is -0.479 e. The molecule has 46 heavy (non-hydrogen) atoms. The highest BCUT2D eigenvalue weighted by Crippen LogP contribution is 2.44. The average molecular weight is 661 g/mol. The summed E-state index contributed by atoms with van der Waals surface area (Å²) in [6.07, 6.45) is 2.61. The van der Waals surface area contributed by atoms with Crippen molar-refractivity contribution in [1.82, 2.24) is 29.6 Å². The maximum atomic E-state index is 12.7. The second-order valence-electron chi connectivity index (χ2n) is 13.2. The van der Waals surface area contributed by atoms with Gasteiger partial charge >= 0.3 is 5.97 Å². The molecule has 1 N–H and O–H groups in total. The van der Waals surface area contributed by atoms with E-state index in [1.807, 2.05) is 69.8 Å². The number of nitrogens with zero attached hydrogens (tertiary/aromatic N) is 6. The van der Waals surface area contributed by atoms with Gasteiger partial charge in [-0.15, -0.1) is 11.3 Å². The van der Waals surface area contributed by atoms with E-state index in [1.54, 1.807) is 6.20 Å². The Hall–Kier alpha value is -3.48. The quantitative estimate of drug-likeness (QED) is 0.201. The van der Waals surface area contributed by atoms with Crippen LogP contribution < -0.4 is 0 Å². The number of piperidine rings is 1. The standard InChI is InChI=1S/C34H37ClN6O4S/c1-18-14-23-30(26(19-6-8-21(35)9-7-19)25(18)29(33(42)43)45-34(2,3)4)46-32(38-23)24-15-36-31-28(37-24)27(39-40(31)5)20-10-12-41(13-11-20)22-16-44-17-22/h6-9,14-15,20,22,29H,10-13,16-17H2,1-5H3,(H,42,43)/t29-/m0/s1. The molecule has 2 fully saturated rings. The van der Waals surface area contributed by atoms with E-state index in [0.29, 0.717) is 33.2 Å². The zero-order valence-corrected chi connectivity index (χ0v) is 28.2. The van der Waals surface area contributed by atoms with Gasteiger partial charge < -0.3 is 14.6 Å². The normalized spacial score (nSPS) is 17.5. The summed E-state index contributed by atoms with van der Waals surface area (Å²) in [5, 5.41) is 16.6. The van der Waals surface area contributed by atoms with Crippen LogP contribution in [-0.4, -0.2) is 78.7 Å². The number of rotatable bonds is 7. The van der Waals surface area contributed by atoms with Crippen LogP contribution in [-0.2, 0) is 21.3 Å². The van der Waals surface area contributed by atoms with Gasteiger partial charge in [-0.05, 0) is 83.0 Å². The Balaban J connectivity index is 1.33. The first-order valence-electron chi connectivity index (χ1n) is 15.6. The lowest BCUT2D eigenvalue weighted by Crippen LogP contribution is -2.51. The molecule has 2 saturated heterocycles. The van der Waals surface area contributed by atoms with Crippen molar-refractivity contribution in [1.29, 1.82) is 0 Å². The van der Waals surface area contributed by atoms with E-state index in [-0.39, 0.29) is 0 Å². The molecule has 0 unspecified atom stereocenters. The number of aryl methyl sites for hydroxylation is 2. The zero-order chi connectivity index (χ0) is 32.3. The van der Waals surface area contributed by atoms with Crippen molar-refractivity contribution in [3.63, 3.8) is 0 Å². The van der Waals surface area contributed by atoms with Gasteiger partial charge in [0.1, 0.15) is 16.2 Å². The molecular formula is C34H37ClN6O4S. The van der Waals surface area contributed by atoms with E-state index in [2.05, 4.69) is 4.90 Å². The van der Waals surface area contributed by atoms with Crippen molar-refractivity contribution in [2.24, 2.45) is 7.05 Å². The Morgan fingerprint density at radius 2 is 1.87 bits per heavy atom. The molecule has 3 aromatic heterocycles. The Labute approximate surface area is 276 Å². The summed E-state index contributed by atoms with van der Waals surface area (Å²) in [5.41, 5.74) is 6.26. The van der Waals surface area contributed by atoms with Crippen LogP contribution in [0.25, 0.3) is 43.2 Å². The van der Waals surface area contributed by atoms with Crippen LogP contribution in [0.1, 0.15) is 62.5 Å². The second-order valence-corrected chi connectivity index (χ2v) is 14.7. The predicted molar refractivity (Wildman–Crippen MR) is 179 cm³/mol. The third-order valence-electron chi connectivity index (χ3n) is 8.85. The number of thiazole rings is 1. The highest BCUT2D eigenvalue weighted by atomic mass is 35.5. The Kier molecular flexibility index (Phi) is 8.09. The second kappa shape index (κ2) is 12.0. The van der Waals surface area contributed by atoms with Crippen LogP contribution in [0.5, 0.6) is 0 Å². The number of carboxylic acid groups (broad SMARTS) is 1. The molecule has 0 radical (unpaired) electrons. The third-order valence-corrected chi connectivity index (χ3v) is 10.2. The molecule has 0 spiro atoms. The molecule has 0 aliphatic carbocycles. The van der Waals surface area contributed by atoms with Gasteiger partial charge in [0.25, 0.3) is 0 Å². The van der Waals surface area contributed by atoms with Gasteiger partial charge in [-0.25, -0.2) is 24.4 Å². The molecule has 2 aliphatic rings. The van der Waals surface area contributed by atoms with Gasteiger partial charge in [-0.1, -0.05) is 23.7 Å². The first-order valence-corrected chi connectivity index (χ1v) is 16.8. The van der Waals surface area contributed by atoms with Gasteiger partial charge in [0.15, 0.2) is 11.8 Å². The molecule has 1 atom stereocenters. The van der Waals surface area contributed by atoms with Crippen molar-refractivity contribution in [3.05, 3.63) is 58.4 Å². The Morgan fingerprint density at radius 3 is 2.50 bits per heavy atom. The number of aliphatic carboxylic acids is 1. The molecule has 0 saturated carbocycles. The highest BCUT2D eigenvalue weighted by Gasteiger charge is 2.34. The molecule has 2 aliphatic heterocycles. The van der Waals surface area contributed by atoms with Gasteiger partial charge in [-0.3, -0.25) is 4.90 Å². The topological polar surface area (TPSA) is 115 Å². The molecule has 2 aromatic carbocycles. The number of aromatic nitrogens is 5. The summed E-state index contributed by atoms with van der Waals surface area (Å²) in [6.45, 7) is 11.2. The minimum atomic E-state index is -1.18. The molecule has 12 heteroatoms. The number of hydrogen-bond donors (Lipinski definition) is 1. The molecule has 5 aromatic rings. The first kappa shape index (κ1) is 31.1. The Morgan fingerprint density at radius 1 is 1.15 bits per heavy atom. The summed E-state index contributed by atoms with van der Waals surface area (Å²) in [4.78, 5) is 30.2. The number of carboxylic acids is 1. The van der Waals surface area contributed by atoms with Crippen LogP contribution in [0.15, 0.2) is 36.5 Å². The highest BCUT2D eigenvalue weighted by molar-refractivity contribution is 7.22. The molecule has 240 valence electrons. The largest absolute Gasteiger partial charge is 0.479 e. The maximum absolute atomic E-state index is 12.7. The van der Waals surface area contributed by atoms with Crippen LogP contribution in [0.2, 0.25) is 5.02 Å². The minimum absolute atomic E-state index is 0.304. The maximum Gasteiger partial charge on any atom is 0.337 e. The predicted octanol–water partition coefficient (Wildman–Crippen LogP) is 6.79. The number of ether oxygens (including phenoxy) is 2. The van der Waals surface area contributed by atoms with E-state index in [4.69, 9.17) is 41.1 Å². The van der Waals surface area contributed by atoms with E-state index in [1.165, 1.54) is 11.3 Å². The monoisotopic (exact) mass is 660 g/mol. The first-order chi connectivity index (χ1) is 22.0. The third kappa shape index (κ3) is 5.79. The van der Waals surface area contributed by atoms with Crippen molar-refractivity contribution in [3.8, 4) is 21.8 Å². The van der Waals surface area contributed by atoms with Crippen LogP contribution in [0.4, 0.5) is 0 Å². The van der Waals surface area contributed by atoms with Crippen LogP contribution in [0.3, 0.4) is 0 Å². The Bertz CT molecular complexity index is 1940. The number of carbonyl (C=O) groups is 1. The fourth-order valence-corrected chi connectivity index (χ4v) is 7.75. The molecule has 5 heterocycles. The van der Waals surface area contributed by atoms with Gasteiger partial charge in [0.05, 0.1) is 47.0 Å². The van der Waals surface area contributed by atoms with Crippen LogP contribution >= 0.6 is 22.9 Å². The fraction of sp³-hybridized carbons (Fsp3) is 0.441. The fourth-order valence-electron chi connectivity index (χ4n) is 6.55. The summed E-state index contributed by atoms with van der Waals surface area (Å²) in [7, 11) is 1.92. The number of benzene rings is 2. The van der Waals surface area contributed by atoms with Gasteiger partial charge in [0, 0.05) is 29.1 Å². The van der Waals surface area contributed by atoms with Gasteiger partial charge in [0.2, 0.25) is 0 Å². The lowest BCUT2D eigenvalue weighted by Gasteiger charge is -2.41. The molecule has 0 bridgehead atoms. The van der Waals surface area contributed by atoms with Crippen molar-refractivity contribution >= 4 is 50.3 Å². The number of likely N-dealkylation sites (tertiary alicyclic amines) is 1. The van der Waals surface area contributed by atoms with E-state index in [9.17, 15) is 9.90 Å². The summed E-state index contributed by atoms with van der Waals surface area (Å²) in [6, 6.07) is 9.92. The molecular weight excluding hydrogens is 624 g/mol. The number of hydrogen-bond acceptors (Lipinski definition) is 9. The summed E-state index contributed by atoms with van der Waals surface area (Å²) in [5.74, 6) is -0.747. The lowest BCUT2D eigenvalue weighted by molar-refractivity contribution is -0.160. The number of fused-ring (bicyclic) bond motifs is 2. The van der Waals surface area contributed by atoms with E-state index < -0.39 is 17.7 Å². The molecule has 10 nitrogen and oxygen atoms in total. The lowest BCUT2D eigenvalue weighted by atomic mass is 9.91. The van der Waals surface area contributed by atoms with E-state index >= 15 is 0 Å². The molecule has 7 rings (SSSR count). The van der Waals surface area contributed by atoms with Gasteiger partial charge in [-0.2, -0.15) is 5.10 Å². The van der Waals surface area contributed by atoms with Crippen LogP contribution in [0, 0.1) is 6.92 Å². The SMILES string of the molecule is Cc1cc2nc(-c3cnc4c(n3)c(C3CCN(C5COC5)CC3)nn4C)sc2c(-c2ccc(Cl)cc2)c1[C@H](OC(C)(C)C)C(=O)O. The smallest absolute Gasteiger partial charge is 0.337 e. The summed E-state index contributed by atoms with van der Waals surface area (Å²) >= 11 is 7.74.